The summed E-state index contributed by atoms with van der Waals surface area (Å²) in [6, 6.07) is -0.153. The largest absolute Gasteiger partial charge is 0.377 e. The van der Waals surface area contributed by atoms with Crippen molar-refractivity contribution in [2.75, 3.05) is 13.2 Å². The number of carbonyl (C=O) groups is 1. The van der Waals surface area contributed by atoms with Crippen LogP contribution in [0, 0.1) is 5.92 Å². The van der Waals surface area contributed by atoms with E-state index in [2.05, 4.69) is 5.32 Å². The van der Waals surface area contributed by atoms with Crippen LogP contribution in [-0.4, -0.2) is 31.2 Å². The van der Waals surface area contributed by atoms with E-state index in [4.69, 9.17) is 10.5 Å². The van der Waals surface area contributed by atoms with Gasteiger partial charge in [0, 0.05) is 13.2 Å². The van der Waals surface area contributed by atoms with E-state index in [9.17, 15) is 4.79 Å². The first kappa shape index (κ1) is 12.8. The Bertz CT molecular complexity index is 246. The molecule has 4 nitrogen and oxygen atoms in total. The highest BCUT2D eigenvalue weighted by Crippen LogP contribution is 2.26. The Balaban J connectivity index is 1.80. The van der Waals surface area contributed by atoms with Crippen molar-refractivity contribution in [3.63, 3.8) is 0 Å². The van der Waals surface area contributed by atoms with Gasteiger partial charge in [-0.2, -0.15) is 0 Å². The van der Waals surface area contributed by atoms with Gasteiger partial charge in [0.05, 0.1) is 12.1 Å². The van der Waals surface area contributed by atoms with Crippen LogP contribution in [0.5, 0.6) is 0 Å². The molecule has 0 aromatic rings. The summed E-state index contributed by atoms with van der Waals surface area (Å²) < 4.78 is 5.56. The fraction of sp³-hybridized carbons (Fsp3) is 0.923. The molecule has 0 spiro atoms. The van der Waals surface area contributed by atoms with Gasteiger partial charge in [-0.05, 0) is 31.6 Å². The van der Waals surface area contributed by atoms with Gasteiger partial charge < -0.3 is 15.8 Å². The first-order valence-electron chi connectivity index (χ1n) is 6.91. The highest BCUT2D eigenvalue weighted by Gasteiger charge is 2.28. The minimum absolute atomic E-state index is 0.153. The predicted octanol–water partition coefficient (Wildman–Crippen LogP) is 1.19. The summed E-state index contributed by atoms with van der Waals surface area (Å²) in [5, 5.41) is 3.33. The second-order valence-corrected chi connectivity index (χ2v) is 5.32. The van der Waals surface area contributed by atoms with Crippen LogP contribution in [0.2, 0.25) is 0 Å². The number of hydrogen-bond acceptors (Lipinski definition) is 3. The Kier molecular flexibility index (Phi) is 4.80. The van der Waals surface area contributed by atoms with Gasteiger partial charge in [0.15, 0.2) is 0 Å². The smallest absolute Gasteiger partial charge is 0.234 e. The molecule has 0 aromatic carbocycles. The second kappa shape index (κ2) is 6.36. The number of carbonyl (C=O) groups excluding carboxylic acids is 1. The molecule has 3 N–H and O–H groups in total. The molecule has 2 atom stereocenters. The molecule has 1 saturated heterocycles. The predicted molar refractivity (Wildman–Crippen MR) is 66.5 cm³/mol. The molecule has 2 aliphatic rings. The molecule has 2 unspecified atom stereocenters. The second-order valence-electron chi connectivity index (χ2n) is 5.32. The molecule has 98 valence electrons. The summed E-state index contributed by atoms with van der Waals surface area (Å²) in [4.78, 5) is 11.5. The van der Waals surface area contributed by atoms with E-state index in [1.54, 1.807) is 0 Å². The maximum atomic E-state index is 11.5. The van der Waals surface area contributed by atoms with E-state index in [0.29, 0.717) is 5.92 Å². The summed E-state index contributed by atoms with van der Waals surface area (Å²) >= 11 is 0. The zero-order chi connectivity index (χ0) is 12.1. The van der Waals surface area contributed by atoms with Crippen molar-refractivity contribution in [1.29, 1.82) is 0 Å². The number of hydrogen-bond donors (Lipinski definition) is 2. The molecule has 1 amide bonds. The Hall–Kier alpha value is -0.610. The first-order valence-corrected chi connectivity index (χ1v) is 6.91. The van der Waals surface area contributed by atoms with Gasteiger partial charge in [0.25, 0.3) is 0 Å². The molecule has 1 aliphatic heterocycles. The van der Waals surface area contributed by atoms with Crippen LogP contribution in [0.15, 0.2) is 0 Å². The number of rotatable bonds is 5. The Labute approximate surface area is 103 Å². The molecule has 17 heavy (non-hydrogen) atoms. The zero-order valence-corrected chi connectivity index (χ0v) is 10.5. The molecule has 0 radical (unpaired) electrons. The van der Waals surface area contributed by atoms with E-state index < -0.39 is 0 Å². The topological polar surface area (TPSA) is 64.4 Å². The van der Waals surface area contributed by atoms with E-state index >= 15 is 0 Å². The average Bonchev–Trinajstić information content (AvgIpc) is 2.83. The summed E-state index contributed by atoms with van der Waals surface area (Å²) in [5.74, 6) is 0.234. The van der Waals surface area contributed by atoms with Crippen molar-refractivity contribution < 1.29 is 9.53 Å². The SMILES string of the molecule is NC(=O)C(NCC1CCCO1)C1CCCCC1. The summed E-state index contributed by atoms with van der Waals surface area (Å²) in [6.45, 7) is 1.63. The third kappa shape index (κ3) is 3.68. The summed E-state index contributed by atoms with van der Waals surface area (Å²) in [7, 11) is 0. The average molecular weight is 240 g/mol. The van der Waals surface area contributed by atoms with Crippen LogP contribution in [0.3, 0.4) is 0 Å². The van der Waals surface area contributed by atoms with Crippen LogP contribution in [-0.2, 0) is 9.53 Å². The fourth-order valence-electron chi connectivity index (χ4n) is 3.03. The third-order valence-electron chi connectivity index (χ3n) is 4.02. The number of primary amides is 1. The lowest BCUT2D eigenvalue weighted by Gasteiger charge is -2.29. The molecule has 1 aliphatic carbocycles. The molecular weight excluding hydrogens is 216 g/mol. The normalized spacial score (nSPS) is 28.1. The van der Waals surface area contributed by atoms with Gasteiger partial charge in [0.2, 0.25) is 5.91 Å². The van der Waals surface area contributed by atoms with Gasteiger partial charge in [-0.25, -0.2) is 0 Å². The third-order valence-corrected chi connectivity index (χ3v) is 4.02. The number of nitrogens with two attached hydrogens (primary N) is 1. The highest BCUT2D eigenvalue weighted by molar-refractivity contribution is 5.80. The molecule has 1 saturated carbocycles. The van der Waals surface area contributed by atoms with E-state index in [-0.39, 0.29) is 18.1 Å². The lowest BCUT2D eigenvalue weighted by Crippen LogP contribution is -2.49. The van der Waals surface area contributed by atoms with Crippen LogP contribution < -0.4 is 11.1 Å². The number of amides is 1. The maximum Gasteiger partial charge on any atom is 0.234 e. The Morgan fingerprint density at radius 1 is 1.24 bits per heavy atom. The highest BCUT2D eigenvalue weighted by atomic mass is 16.5. The van der Waals surface area contributed by atoms with E-state index in [0.717, 1.165) is 38.8 Å². The van der Waals surface area contributed by atoms with Gasteiger partial charge in [0.1, 0.15) is 0 Å². The van der Waals surface area contributed by atoms with Crippen molar-refractivity contribution in [1.82, 2.24) is 5.32 Å². The first-order chi connectivity index (χ1) is 8.27. The van der Waals surface area contributed by atoms with E-state index in [1.807, 2.05) is 0 Å². The zero-order valence-electron chi connectivity index (χ0n) is 10.5. The van der Waals surface area contributed by atoms with Crippen LogP contribution in [0.1, 0.15) is 44.9 Å². The van der Waals surface area contributed by atoms with Gasteiger partial charge in [-0.15, -0.1) is 0 Å². The van der Waals surface area contributed by atoms with Crippen molar-refractivity contribution in [3.8, 4) is 0 Å². The monoisotopic (exact) mass is 240 g/mol. The minimum atomic E-state index is -0.199. The van der Waals surface area contributed by atoms with E-state index in [1.165, 1.54) is 19.3 Å². The van der Waals surface area contributed by atoms with Gasteiger partial charge in [-0.3, -0.25) is 4.79 Å². The maximum absolute atomic E-state index is 11.5. The summed E-state index contributed by atoms with van der Waals surface area (Å²) in [5.41, 5.74) is 5.51. The van der Waals surface area contributed by atoms with Crippen LogP contribution >= 0.6 is 0 Å². The lowest BCUT2D eigenvalue weighted by atomic mass is 9.83. The molecule has 0 bridgehead atoms. The molecule has 2 rings (SSSR count). The van der Waals surface area contributed by atoms with Crippen molar-refractivity contribution >= 4 is 5.91 Å². The fourth-order valence-corrected chi connectivity index (χ4v) is 3.03. The van der Waals surface area contributed by atoms with Gasteiger partial charge >= 0.3 is 0 Å². The Morgan fingerprint density at radius 2 is 2.00 bits per heavy atom. The number of nitrogens with one attached hydrogen (secondary N) is 1. The van der Waals surface area contributed by atoms with Crippen molar-refractivity contribution in [2.45, 2.75) is 57.1 Å². The Morgan fingerprint density at radius 3 is 2.59 bits per heavy atom. The summed E-state index contributed by atoms with van der Waals surface area (Å²) in [6.07, 6.45) is 8.54. The molecule has 0 aromatic heterocycles. The van der Waals surface area contributed by atoms with Gasteiger partial charge in [-0.1, -0.05) is 19.3 Å². The molecule has 2 fully saturated rings. The molecule has 1 heterocycles. The quantitative estimate of drug-likeness (QED) is 0.758. The standard InChI is InChI=1S/C13H24N2O2/c14-13(16)12(10-5-2-1-3-6-10)15-9-11-7-4-8-17-11/h10-12,15H,1-9H2,(H2,14,16). The van der Waals surface area contributed by atoms with Crippen molar-refractivity contribution in [2.24, 2.45) is 11.7 Å². The van der Waals surface area contributed by atoms with Crippen LogP contribution in [0.4, 0.5) is 0 Å². The van der Waals surface area contributed by atoms with Crippen LogP contribution in [0.25, 0.3) is 0 Å². The minimum Gasteiger partial charge on any atom is -0.377 e. The number of ether oxygens (including phenoxy) is 1. The van der Waals surface area contributed by atoms with Crippen molar-refractivity contribution in [3.05, 3.63) is 0 Å². The molecular formula is C13H24N2O2. The molecule has 4 heteroatoms. The lowest BCUT2D eigenvalue weighted by molar-refractivity contribution is -0.121.